The van der Waals surface area contributed by atoms with Gasteiger partial charge in [-0.25, -0.2) is 4.39 Å². The Morgan fingerprint density at radius 1 is 1.53 bits per heavy atom. The zero-order valence-corrected chi connectivity index (χ0v) is 11.3. The summed E-state index contributed by atoms with van der Waals surface area (Å²) in [5.41, 5.74) is -0.215. The van der Waals surface area contributed by atoms with Gasteiger partial charge in [0.2, 0.25) is 0 Å². The summed E-state index contributed by atoms with van der Waals surface area (Å²) < 4.78 is 13.7. The lowest BCUT2D eigenvalue weighted by Crippen LogP contribution is -2.41. The highest BCUT2D eigenvalue weighted by atomic mass is 19.1. The SMILES string of the molecule is CN(C)CC1CCCN1C(=O)c1c(O)cccc1F. The van der Waals surface area contributed by atoms with Crippen molar-refractivity contribution in [2.24, 2.45) is 0 Å². The van der Waals surface area contributed by atoms with E-state index in [1.54, 1.807) is 4.90 Å². The Morgan fingerprint density at radius 3 is 2.89 bits per heavy atom. The lowest BCUT2D eigenvalue weighted by Gasteiger charge is -2.27. The molecule has 0 saturated carbocycles. The van der Waals surface area contributed by atoms with E-state index in [9.17, 15) is 14.3 Å². The van der Waals surface area contributed by atoms with Crippen molar-refractivity contribution in [1.82, 2.24) is 9.80 Å². The summed E-state index contributed by atoms with van der Waals surface area (Å²) in [6.07, 6.45) is 1.83. The molecular weight excluding hydrogens is 247 g/mol. The van der Waals surface area contributed by atoms with E-state index in [0.717, 1.165) is 19.4 Å². The molecule has 0 radical (unpaired) electrons. The quantitative estimate of drug-likeness (QED) is 0.905. The predicted molar refractivity (Wildman–Crippen MR) is 70.7 cm³/mol. The molecule has 2 rings (SSSR count). The first-order valence-corrected chi connectivity index (χ1v) is 6.44. The molecule has 1 N–H and O–H groups in total. The van der Waals surface area contributed by atoms with E-state index in [1.807, 2.05) is 19.0 Å². The van der Waals surface area contributed by atoms with Gasteiger partial charge in [-0.05, 0) is 39.1 Å². The lowest BCUT2D eigenvalue weighted by molar-refractivity contribution is 0.0708. The maximum atomic E-state index is 13.7. The second-order valence-electron chi connectivity index (χ2n) is 5.19. The number of rotatable bonds is 3. The number of amides is 1. The molecule has 1 saturated heterocycles. The predicted octanol–water partition coefficient (Wildman–Crippen LogP) is 1.70. The van der Waals surface area contributed by atoms with Gasteiger partial charge in [0.25, 0.3) is 5.91 Å². The van der Waals surface area contributed by atoms with E-state index in [2.05, 4.69) is 0 Å². The number of phenols is 1. The van der Waals surface area contributed by atoms with Gasteiger partial charge in [0, 0.05) is 19.1 Å². The first kappa shape index (κ1) is 13.8. The van der Waals surface area contributed by atoms with Crippen molar-refractivity contribution in [1.29, 1.82) is 0 Å². The number of halogens is 1. The van der Waals surface area contributed by atoms with Crippen LogP contribution >= 0.6 is 0 Å². The zero-order valence-electron chi connectivity index (χ0n) is 11.3. The van der Waals surface area contributed by atoms with Crippen LogP contribution in [0.15, 0.2) is 18.2 Å². The smallest absolute Gasteiger partial charge is 0.260 e. The monoisotopic (exact) mass is 266 g/mol. The van der Waals surface area contributed by atoms with Gasteiger partial charge in [-0.15, -0.1) is 0 Å². The number of likely N-dealkylation sites (tertiary alicyclic amines) is 1. The zero-order chi connectivity index (χ0) is 14.0. The van der Waals surface area contributed by atoms with Crippen LogP contribution in [0.2, 0.25) is 0 Å². The summed E-state index contributed by atoms with van der Waals surface area (Å²) in [5, 5.41) is 9.69. The topological polar surface area (TPSA) is 43.8 Å². The van der Waals surface area contributed by atoms with Crippen LogP contribution in [0.3, 0.4) is 0 Å². The fourth-order valence-corrected chi connectivity index (χ4v) is 2.58. The highest BCUT2D eigenvalue weighted by Gasteiger charge is 2.32. The maximum absolute atomic E-state index is 13.7. The van der Waals surface area contributed by atoms with Gasteiger partial charge < -0.3 is 14.9 Å². The number of carbonyl (C=O) groups is 1. The highest BCUT2D eigenvalue weighted by molar-refractivity contribution is 5.97. The molecule has 4 nitrogen and oxygen atoms in total. The normalized spacial score (nSPS) is 19.2. The molecule has 104 valence electrons. The first-order valence-electron chi connectivity index (χ1n) is 6.44. The van der Waals surface area contributed by atoms with Gasteiger partial charge >= 0.3 is 0 Å². The third-order valence-electron chi connectivity index (χ3n) is 3.42. The van der Waals surface area contributed by atoms with Crippen molar-refractivity contribution < 1.29 is 14.3 Å². The lowest BCUT2D eigenvalue weighted by atomic mass is 10.1. The summed E-state index contributed by atoms with van der Waals surface area (Å²) >= 11 is 0. The average molecular weight is 266 g/mol. The first-order chi connectivity index (χ1) is 9.00. The summed E-state index contributed by atoms with van der Waals surface area (Å²) in [6, 6.07) is 4.02. The van der Waals surface area contributed by atoms with Crippen molar-refractivity contribution in [2.75, 3.05) is 27.2 Å². The van der Waals surface area contributed by atoms with Crippen molar-refractivity contribution in [2.45, 2.75) is 18.9 Å². The molecule has 1 aromatic carbocycles. The summed E-state index contributed by atoms with van der Waals surface area (Å²) in [4.78, 5) is 16.1. The second kappa shape index (κ2) is 5.57. The minimum atomic E-state index is -0.666. The number of phenolic OH excluding ortho intramolecular Hbond substituents is 1. The number of benzene rings is 1. The molecule has 1 aliphatic rings. The van der Waals surface area contributed by atoms with E-state index in [4.69, 9.17) is 0 Å². The Balaban J connectivity index is 2.23. The Morgan fingerprint density at radius 2 is 2.26 bits per heavy atom. The molecule has 1 aliphatic heterocycles. The highest BCUT2D eigenvalue weighted by Crippen LogP contribution is 2.26. The second-order valence-corrected chi connectivity index (χ2v) is 5.19. The van der Waals surface area contributed by atoms with Crippen molar-refractivity contribution in [3.05, 3.63) is 29.6 Å². The minimum Gasteiger partial charge on any atom is -0.507 e. The van der Waals surface area contributed by atoms with Gasteiger partial charge in [0.15, 0.2) is 0 Å². The third kappa shape index (κ3) is 2.87. The van der Waals surface area contributed by atoms with Gasteiger partial charge in [0.05, 0.1) is 0 Å². The summed E-state index contributed by atoms with van der Waals surface area (Å²) in [6.45, 7) is 1.37. The molecule has 5 heteroatoms. The van der Waals surface area contributed by atoms with Crippen LogP contribution in [0.5, 0.6) is 5.75 Å². The molecule has 0 spiro atoms. The summed E-state index contributed by atoms with van der Waals surface area (Å²) in [7, 11) is 3.89. The van der Waals surface area contributed by atoms with Crippen LogP contribution in [0.25, 0.3) is 0 Å². The van der Waals surface area contributed by atoms with E-state index in [-0.39, 0.29) is 17.4 Å². The maximum Gasteiger partial charge on any atom is 0.260 e. The Bertz CT molecular complexity index is 456. The molecule has 1 amide bonds. The number of carbonyl (C=O) groups excluding carboxylic acids is 1. The molecular formula is C14H19FN2O2. The van der Waals surface area contributed by atoms with Crippen LogP contribution in [0.4, 0.5) is 4.39 Å². The van der Waals surface area contributed by atoms with Crippen LogP contribution in [0, 0.1) is 5.82 Å². The van der Waals surface area contributed by atoms with Crippen LogP contribution in [-0.4, -0.2) is 54.0 Å². The molecule has 0 aromatic heterocycles. The van der Waals surface area contributed by atoms with E-state index < -0.39 is 11.7 Å². The van der Waals surface area contributed by atoms with Crippen molar-refractivity contribution >= 4 is 5.91 Å². The number of hydrogen-bond acceptors (Lipinski definition) is 3. The fraction of sp³-hybridized carbons (Fsp3) is 0.500. The van der Waals surface area contributed by atoms with Crippen LogP contribution in [0.1, 0.15) is 23.2 Å². The minimum absolute atomic E-state index is 0.0847. The third-order valence-corrected chi connectivity index (χ3v) is 3.42. The standard InChI is InChI=1S/C14H19FN2O2/c1-16(2)9-10-5-4-8-17(10)14(19)13-11(15)6-3-7-12(13)18/h3,6-7,10,18H,4-5,8-9H2,1-2H3. The van der Waals surface area contributed by atoms with Gasteiger partial charge in [-0.2, -0.15) is 0 Å². The molecule has 1 fully saturated rings. The Kier molecular flexibility index (Phi) is 4.04. The Hall–Kier alpha value is -1.62. The van der Waals surface area contributed by atoms with Crippen LogP contribution in [-0.2, 0) is 0 Å². The van der Waals surface area contributed by atoms with E-state index in [0.29, 0.717) is 6.54 Å². The molecule has 1 atom stereocenters. The molecule has 0 bridgehead atoms. The molecule has 1 aromatic rings. The van der Waals surface area contributed by atoms with E-state index >= 15 is 0 Å². The number of likely N-dealkylation sites (N-methyl/N-ethyl adjacent to an activating group) is 1. The fourth-order valence-electron chi connectivity index (χ4n) is 2.58. The number of hydrogen-bond donors (Lipinski definition) is 1. The number of nitrogens with zero attached hydrogens (tertiary/aromatic N) is 2. The van der Waals surface area contributed by atoms with Gasteiger partial charge in [0.1, 0.15) is 17.1 Å². The van der Waals surface area contributed by atoms with Crippen molar-refractivity contribution in [3.63, 3.8) is 0 Å². The van der Waals surface area contributed by atoms with Gasteiger partial charge in [-0.1, -0.05) is 6.07 Å². The molecule has 19 heavy (non-hydrogen) atoms. The van der Waals surface area contributed by atoms with Gasteiger partial charge in [-0.3, -0.25) is 4.79 Å². The Labute approximate surface area is 112 Å². The van der Waals surface area contributed by atoms with Crippen LogP contribution < -0.4 is 0 Å². The average Bonchev–Trinajstić information content (AvgIpc) is 2.75. The van der Waals surface area contributed by atoms with Crippen molar-refractivity contribution in [3.8, 4) is 5.75 Å². The largest absolute Gasteiger partial charge is 0.507 e. The molecule has 0 aliphatic carbocycles. The molecule has 1 unspecified atom stereocenters. The van der Waals surface area contributed by atoms with E-state index in [1.165, 1.54) is 18.2 Å². The molecule has 1 heterocycles. The number of aromatic hydroxyl groups is 1. The summed E-state index contributed by atoms with van der Waals surface area (Å²) in [5.74, 6) is -1.37.